The molecule has 1 fully saturated rings. The highest BCUT2D eigenvalue weighted by Gasteiger charge is 2.15. The fourth-order valence-electron chi connectivity index (χ4n) is 1.90. The summed E-state index contributed by atoms with van der Waals surface area (Å²) in [4.78, 5) is 14.9. The van der Waals surface area contributed by atoms with E-state index in [2.05, 4.69) is 10.3 Å². The molecule has 15 heavy (non-hydrogen) atoms. The van der Waals surface area contributed by atoms with Crippen molar-refractivity contribution in [3.05, 3.63) is 11.1 Å². The first-order valence-corrected chi connectivity index (χ1v) is 6.00. The monoisotopic (exact) mass is 226 g/mol. The lowest BCUT2D eigenvalue weighted by molar-refractivity contribution is 0.0702. The molecule has 1 heterocycles. The van der Waals surface area contributed by atoms with Gasteiger partial charge in [-0.3, -0.25) is 0 Å². The van der Waals surface area contributed by atoms with Crippen molar-refractivity contribution in [3.8, 4) is 0 Å². The van der Waals surface area contributed by atoms with Gasteiger partial charge in [-0.25, -0.2) is 9.78 Å². The van der Waals surface area contributed by atoms with Crippen LogP contribution in [0.3, 0.4) is 0 Å². The lowest BCUT2D eigenvalue weighted by Crippen LogP contribution is -2.10. The minimum atomic E-state index is -0.901. The Bertz CT molecular complexity index is 345. The Balaban J connectivity index is 1.84. The molecule has 5 heteroatoms. The van der Waals surface area contributed by atoms with Crippen LogP contribution in [0.4, 0.5) is 5.13 Å². The van der Waals surface area contributed by atoms with E-state index >= 15 is 0 Å². The number of aromatic carboxylic acids is 1. The Labute approximate surface area is 92.3 Å². The zero-order valence-electron chi connectivity index (χ0n) is 8.40. The number of nitrogens with zero attached hydrogens (tertiary/aromatic N) is 1. The highest BCUT2D eigenvalue weighted by molar-refractivity contribution is 7.17. The number of rotatable bonds is 4. The molecule has 82 valence electrons. The molecular formula is C10H14N2O2S. The Morgan fingerprint density at radius 2 is 2.33 bits per heavy atom. The Morgan fingerprint density at radius 1 is 1.60 bits per heavy atom. The summed E-state index contributed by atoms with van der Waals surface area (Å²) in [5, 5.41) is 12.6. The van der Waals surface area contributed by atoms with E-state index in [9.17, 15) is 4.79 Å². The molecule has 0 radical (unpaired) electrons. The van der Waals surface area contributed by atoms with Crippen LogP contribution >= 0.6 is 11.3 Å². The van der Waals surface area contributed by atoms with Gasteiger partial charge < -0.3 is 10.4 Å². The van der Waals surface area contributed by atoms with Crippen LogP contribution < -0.4 is 5.32 Å². The molecule has 0 saturated heterocycles. The number of thiazole rings is 1. The van der Waals surface area contributed by atoms with Crippen LogP contribution in [0, 0.1) is 5.92 Å². The lowest BCUT2D eigenvalue weighted by Gasteiger charge is -2.08. The van der Waals surface area contributed by atoms with Crippen molar-refractivity contribution in [1.29, 1.82) is 0 Å². The van der Waals surface area contributed by atoms with Crippen molar-refractivity contribution in [2.24, 2.45) is 5.92 Å². The van der Waals surface area contributed by atoms with Gasteiger partial charge in [0.05, 0.1) is 6.20 Å². The van der Waals surface area contributed by atoms with Gasteiger partial charge >= 0.3 is 5.97 Å². The molecule has 2 rings (SSSR count). The van der Waals surface area contributed by atoms with E-state index in [0.29, 0.717) is 4.88 Å². The van der Waals surface area contributed by atoms with Crippen LogP contribution in [0.25, 0.3) is 0 Å². The van der Waals surface area contributed by atoms with Gasteiger partial charge in [0.25, 0.3) is 0 Å². The SMILES string of the molecule is O=C(O)c1cnc(NCC2CCCC2)s1. The van der Waals surface area contributed by atoms with Gasteiger partial charge in [-0.05, 0) is 18.8 Å². The Morgan fingerprint density at radius 3 is 2.93 bits per heavy atom. The smallest absolute Gasteiger partial charge is 0.347 e. The van der Waals surface area contributed by atoms with Crippen molar-refractivity contribution in [3.63, 3.8) is 0 Å². The number of carboxylic acids is 1. The van der Waals surface area contributed by atoms with E-state index in [-0.39, 0.29) is 0 Å². The fourth-order valence-corrected chi connectivity index (χ4v) is 2.56. The number of carbonyl (C=O) groups is 1. The molecule has 1 aromatic heterocycles. The third kappa shape index (κ3) is 2.68. The van der Waals surface area contributed by atoms with Gasteiger partial charge in [0.15, 0.2) is 5.13 Å². The number of anilines is 1. The fraction of sp³-hybridized carbons (Fsp3) is 0.600. The second kappa shape index (κ2) is 4.61. The van der Waals surface area contributed by atoms with Gasteiger partial charge in [0.2, 0.25) is 0 Å². The van der Waals surface area contributed by atoms with E-state index in [1.54, 1.807) is 0 Å². The summed E-state index contributed by atoms with van der Waals surface area (Å²) < 4.78 is 0. The molecule has 4 nitrogen and oxygen atoms in total. The van der Waals surface area contributed by atoms with Crippen molar-refractivity contribution in [1.82, 2.24) is 4.98 Å². The number of aromatic nitrogens is 1. The summed E-state index contributed by atoms with van der Waals surface area (Å²) in [6.07, 6.45) is 6.62. The van der Waals surface area contributed by atoms with Crippen LogP contribution in [0.2, 0.25) is 0 Å². The average Bonchev–Trinajstić information content (AvgIpc) is 2.86. The maximum atomic E-state index is 10.6. The summed E-state index contributed by atoms with van der Waals surface area (Å²) in [5.41, 5.74) is 0. The molecule has 0 atom stereocenters. The van der Waals surface area contributed by atoms with E-state index in [1.807, 2.05) is 0 Å². The maximum Gasteiger partial charge on any atom is 0.347 e. The van der Waals surface area contributed by atoms with Crippen LogP contribution in [0.1, 0.15) is 35.4 Å². The summed E-state index contributed by atoms with van der Waals surface area (Å²) in [6, 6.07) is 0. The molecule has 0 aliphatic heterocycles. The van der Waals surface area contributed by atoms with Gasteiger partial charge in [0, 0.05) is 6.54 Å². The Hall–Kier alpha value is -1.10. The number of nitrogens with one attached hydrogen (secondary N) is 1. The first kappa shape index (κ1) is 10.4. The third-order valence-electron chi connectivity index (χ3n) is 2.73. The summed E-state index contributed by atoms with van der Waals surface area (Å²) in [5.74, 6) is -0.163. The van der Waals surface area contributed by atoms with Crippen LogP contribution in [0.15, 0.2) is 6.20 Å². The zero-order chi connectivity index (χ0) is 10.7. The highest BCUT2D eigenvalue weighted by atomic mass is 32.1. The number of hydrogen-bond acceptors (Lipinski definition) is 4. The first-order valence-electron chi connectivity index (χ1n) is 5.18. The lowest BCUT2D eigenvalue weighted by atomic mass is 10.1. The third-order valence-corrected chi connectivity index (χ3v) is 3.68. The normalized spacial score (nSPS) is 16.8. The van der Waals surface area contributed by atoms with Crippen molar-refractivity contribution < 1.29 is 9.90 Å². The predicted octanol–water partition coefficient (Wildman–Crippen LogP) is 2.44. The van der Waals surface area contributed by atoms with Crippen molar-refractivity contribution >= 4 is 22.4 Å². The largest absolute Gasteiger partial charge is 0.477 e. The predicted molar refractivity (Wildman–Crippen MR) is 59.5 cm³/mol. The molecule has 1 aliphatic carbocycles. The molecule has 0 spiro atoms. The van der Waals surface area contributed by atoms with Crippen LogP contribution in [-0.4, -0.2) is 22.6 Å². The number of hydrogen-bond donors (Lipinski definition) is 2. The molecule has 0 bridgehead atoms. The van der Waals surface area contributed by atoms with E-state index in [1.165, 1.54) is 43.2 Å². The highest BCUT2D eigenvalue weighted by Crippen LogP contribution is 2.26. The van der Waals surface area contributed by atoms with Gasteiger partial charge in [-0.2, -0.15) is 0 Å². The summed E-state index contributed by atoms with van der Waals surface area (Å²) in [6.45, 7) is 0.923. The minimum absolute atomic E-state index is 0.295. The average molecular weight is 226 g/mol. The molecule has 2 N–H and O–H groups in total. The van der Waals surface area contributed by atoms with Crippen molar-refractivity contribution in [2.45, 2.75) is 25.7 Å². The van der Waals surface area contributed by atoms with Crippen LogP contribution in [-0.2, 0) is 0 Å². The molecule has 0 aromatic carbocycles. The zero-order valence-corrected chi connectivity index (χ0v) is 9.22. The second-order valence-corrected chi connectivity index (χ2v) is 4.90. The minimum Gasteiger partial charge on any atom is -0.477 e. The van der Waals surface area contributed by atoms with Crippen molar-refractivity contribution in [2.75, 3.05) is 11.9 Å². The van der Waals surface area contributed by atoms with E-state index < -0.39 is 5.97 Å². The van der Waals surface area contributed by atoms with Gasteiger partial charge in [-0.15, -0.1) is 0 Å². The summed E-state index contributed by atoms with van der Waals surface area (Å²) in [7, 11) is 0. The maximum absolute atomic E-state index is 10.6. The number of carboxylic acid groups (broad SMARTS) is 1. The molecular weight excluding hydrogens is 212 g/mol. The molecule has 1 saturated carbocycles. The Kier molecular flexibility index (Phi) is 3.20. The van der Waals surface area contributed by atoms with Crippen LogP contribution in [0.5, 0.6) is 0 Å². The quantitative estimate of drug-likeness (QED) is 0.827. The standard InChI is InChI=1S/C10H14N2O2S/c13-9(14)8-6-12-10(15-8)11-5-7-3-1-2-4-7/h6-7H,1-5H2,(H,11,12)(H,13,14). The molecule has 0 unspecified atom stereocenters. The van der Waals surface area contributed by atoms with Gasteiger partial charge in [-0.1, -0.05) is 24.2 Å². The van der Waals surface area contributed by atoms with E-state index in [0.717, 1.165) is 17.6 Å². The molecule has 0 amide bonds. The van der Waals surface area contributed by atoms with Gasteiger partial charge in [0.1, 0.15) is 4.88 Å². The van der Waals surface area contributed by atoms with E-state index in [4.69, 9.17) is 5.11 Å². The molecule has 1 aromatic rings. The summed E-state index contributed by atoms with van der Waals surface area (Å²) >= 11 is 1.20. The molecule has 1 aliphatic rings. The first-order chi connectivity index (χ1) is 7.25. The second-order valence-electron chi connectivity index (χ2n) is 3.87. The topological polar surface area (TPSA) is 62.2 Å².